The van der Waals surface area contributed by atoms with E-state index in [1.165, 1.54) is 30.6 Å². The first-order valence-electron chi connectivity index (χ1n) is 10.6. The molecule has 0 radical (unpaired) electrons. The highest BCUT2D eigenvalue weighted by Crippen LogP contribution is 2.37. The lowest BCUT2D eigenvalue weighted by atomic mass is 9.80. The molecule has 3 heterocycles. The summed E-state index contributed by atoms with van der Waals surface area (Å²) < 4.78 is 0. The topological polar surface area (TPSA) is 57.3 Å². The first-order chi connectivity index (χ1) is 14.7. The molecule has 5 nitrogen and oxygen atoms in total. The van der Waals surface area contributed by atoms with Crippen LogP contribution in [0.5, 0.6) is 0 Å². The molecule has 2 bridgehead atoms. The van der Waals surface area contributed by atoms with E-state index in [2.05, 4.69) is 27.7 Å². The van der Waals surface area contributed by atoms with Gasteiger partial charge in [0.25, 0.3) is 0 Å². The third-order valence-electron chi connectivity index (χ3n) is 6.29. The normalized spacial score (nSPS) is 20.4. The molecule has 1 aliphatic carbocycles. The number of hydrogen-bond donors (Lipinski definition) is 2. The number of pyridine rings is 1. The van der Waals surface area contributed by atoms with Crippen LogP contribution in [0.2, 0.25) is 0 Å². The second-order valence-electron chi connectivity index (χ2n) is 8.21. The van der Waals surface area contributed by atoms with Gasteiger partial charge >= 0.3 is 6.03 Å². The molecule has 2 saturated heterocycles. The molecule has 6 heteroatoms. The van der Waals surface area contributed by atoms with Crippen LogP contribution in [-0.4, -0.2) is 29.9 Å². The molecule has 0 spiro atoms. The Bertz CT molecular complexity index is 1060. The molecule has 2 aromatic carbocycles. The molecule has 154 valence electrons. The predicted molar refractivity (Wildman–Crippen MR) is 126 cm³/mol. The number of benzene rings is 2. The minimum Gasteiger partial charge on any atom is -0.353 e. The van der Waals surface area contributed by atoms with Crippen molar-refractivity contribution in [3.63, 3.8) is 0 Å². The van der Waals surface area contributed by atoms with Gasteiger partial charge in [-0.1, -0.05) is 0 Å². The Morgan fingerprint density at radius 2 is 1.70 bits per heavy atom. The summed E-state index contributed by atoms with van der Waals surface area (Å²) >= 11 is 1.68. The summed E-state index contributed by atoms with van der Waals surface area (Å²) in [5.74, 6) is 1.92. The van der Waals surface area contributed by atoms with Crippen molar-refractivity contribution in [3.8, 4) is 0 Å². The fourth-order valence-electron chi connectivity index (χ4n) is 4.67. The molecule has 2 N–H and O–H groups in total. The van der Waals surface area contributed by atoms with E-state index in [-0.39, 0.29) is 6.03 Å². The van der Waals surface area contributed by atoms with Crippen molar-refractivity contribution in [2.75, 3.05) is 28.3 Å². The van der Waals surface area contributed by atoms with E-state index in [1.807, 2.05) is 48.7 Å². The quantitative estimate of drug-likeness (QED) is 0.512. The average Bonchev–Trinajstić information content (AvgIpc) is 2.80. The predicted octanol–water partition coefficient (Wildman–Crippen LogP) is 5.98. The molecular formula is C24H26N4OS. The summed E-state index contributed by atoms with van der Waals surface area (Å²) in [7, 11) is 0. The van der Waals surface area contributed by atoms with Crippen LogP contribution in [0.1, 0.15) is 25.7 Å². The molecule has 1 aromatic heterocycles. The maximum absolute atomic E-state index is 12.4. The molecule has 30 heavy (non-hydrogen) atoms. The van der Waals surface area contributed by atoms with Crippen LogP contribution in [0.25, 0.3) is 10.9 Å². The summed E-state index contributed by atoms with van der Waals surface area (Å²) in [5.41, 5.74) is 2.49. The Morgan fingerprint density at radius 3 is 2.40 bits per heavy atom. The summed E-state index contributed by atoms with van der Waals surface area (Å²) in [5, 5.41) is 6.82. The van der Waals surface area contributed by atoms with Gasteiger partial charge < -0.3 is 15.5 Å². The Morgan fingerprint density at radius 1 is 0.967 bits per heavy atom. The molecule has 1 saturated carbocycles. The maximum atomic E-state index is 12.4. The lowest BCUT2D eigenvalue weighted by molar-refractivity contribution is 0.251. The number of fused-ring (bicyclic) bond motifs is 4. The molecule has 0 unspecified atom stereocenters. The molecule has 0 atom stereocenters. The molecule has 3 aromatic rings. The van der Waals surface area contributed by atoms with Crippen molar-refractivity contribution in [1.82, 2.24) is 4.98 Å². The Labute approximate surface area is 181 Å². The third kappa shape index (κ3) is 3.97. The molecule has 2 aliphatic heterocycles. The number of urea groups is 1. The first-order valence-corrected chi connectivity index (χ1v) is 11.8. The van der Waals surface area contributed by atoms with Gasteiger partial charge in [-0.25, -0.2) is 9.78 Å². The summed E-state index contributed by atoms with van der Waals surface area (Å²) in [6.07, 6.45) is 7.36. The van der Waals surface area contributed by atoms with Gasteiger partial charge in [-0.2, -0.15) is 0 Å². The highest BCUT2D eigenvalue weighted by atomic mass is 32.2. The molecule has 2 amide bonds. The van der Waals surface area contributed by atoms with E-state index in [9.17, 15) is 4.79 Å². The third-order valence-corrected chi connectivity index (χ3v) is 7.03. The largest absolute Gasteiger partial charge is 0.353 e. The van der Waals surface area contributed by atoms with E-state index in [0.29, 0.717) is 6.04 Å². The number of carbonyl (C=O) groups excluding carboxylic acids is 1. The second-order valence-corrected chi connectivity index (χ2v) is 9.09. The van der Waals surface area contributed by atoms with Gasteiger partial charge in [0.2, 0.25) is 0 Å². The van der Waals surface area contributed by atoms with E-state index in [4.69, 9.17) is 4.98 Å². The van der Waals surface area contributed by atoms with Gasteiger partial charge in [0.05, 0.1) is 5.52 Å². The number of piperidine rings is 2. The van der Waals surface area contributed by atoms with Crippen molar-refractivity contribution in [2.45, 2.75) is 36.6 Å². The maximum Gasteiger partial charge on any atom is 0.323 e. The van der Waals surface area contributed by atoms with Gasteiger partial charge in [-0.15, -0.1) is 11.8 Å². The van der Waals surface area contributed by atoms with Gasteiger partial charge in [-0.05, 0) is 92.5 Å². The van der Waals surface area contributed by atoms with Crippen molar-refractivity contribution in [1.29, 1.82) is 0 Å². The van der Waals surface area contributed by atoms with Crippen LogP contribution in [0, 0.1) is 5.92 Å². The van der Waals surface area contributed by atoms with E-state index in [1.54, 1.807) is 11.8 Å². The van der Waals surface area contributed by atoms with Crippen molar-refractivity contribution < 1.29 is 4.79 Å². The van der Waals surface area contributed by atoms with E-state index < -0.39 is 0 Å². The van der Waals surface area contributed by atoms with Gasteiger partial charge in [0.15, 0.2) is 0 Å². The van der Waals surface area contributed by atoms with E-state index in [0.717, 1.165) is 40.6 Å². The number of anilines is 3. The highest BCUT2D eigenvalue weighted by molar-refractivity contribution is 7.98. The van der Waals surface area contributed by atoms with Gasteiger partial charge in [0, 0.05) is 34.2 Å². The fraction of sp³-hybridized carbons (Fsp3) is 0.333. The molecule has 3 aliphatic rings. The van der Waals surface area contributed by atoms with Crippen LogP contribution < -0.4 is 15.5 Å². The SMILES string of the molecule is CSc1ccc(NC(=O)Nc2ccc3nc(N4CC5CCC4CC5)ccc3c2)cc1. The summed E-state index contributed by atoms with van der Waals surface area (Å²) in [4.78, 5) is 20.9. The van der Waals surface area contributed by atoms with Crippen molar-refractivity contribution in [3.05, 3.63) is 54.6 Å². The molecular weight excluding hydrogens is 392 g/mol. The van der Waals surface area contributed by atoms with E-state index >= 15 is 0 Å². The number of aromatic nitrogens is 1. The minimum absolute atomic E-state index is 0.250. The van der Waals surface area contributed by atoms with Crippen LogP contribution in [0.3, 0.4) is 0 Å². The van der Waals surface area contributed by atoms with Crippen LogP contribution in [0.15, 0.2) is 59.5 Å². The number of carbonyl (C=O) groups is 1. The lowest BCUT2D eigenvalue weighted by Crippen LogP contribution is -2.48. The second kappa shape index (κ2) is 8.19. The number of amides is 2. The van der Waals surface area contributed by atoms with Crippen molar-refractivity contribution >= 4 is 45.9 Å². The number of thioether (sulfide) groups is 1. The van der Waals surface area contributed by atoms with Gasteiger partial charge in [0.1, 0.15) is 5.82 Å². The van der Waals surface area contributed by atoms with Gasteiger partial charge in [-0.3, -0.25) is 0 Å². The monoisotopic (exact) mass is 418 g/mol. The lowest BCUT2D eigenvalue weighted by Gasteiger charge is -2.46. The van der Waals surface area contributed by atoms with Crippen LogP contribution >= 0.6 is 11.8 Å². The molecule has 3 fully saturated rings. The van der Waals surface area contributed by atoms with Crippen LogP contribution in [0.4, 0.5) is 22.0 Å². The van der Waals surface area contributed by atoms with Crippen molar-refractivity contribution in [2.24, 2.45) is 5.92 Å². The zero-order valence-electron chi connectivity index (χ0n) is 17.1. The Kier molecular flexibility index (Phi) is 5.25. The minimum atomic E-state index is -0.250. The fourth-order valence-corrected chi connectivity index (χ4v) is 5.08. The number of rotatable bonds is 4. The zero-order chi connectivity index (χ0) is 20.5. The van der Waals surface area contributed by atoms with Crippen LogP contribution in [-0.2, 0) is 0 Å². The first kappa shape index (κ1) is 19.2. The zero-order valence-corrected chi connectivity index (χ0v) is 17.9. The Hall–Kier alpha value is -2.73. The number of nitrogens with zero attached hydrogens (tertiary/aromatic N) is 2. The summed E-state index contributed by atoms with van der Waals surface area (Å²) in [6.45, 7) is 1.14. The number of nitrogens with one attached hydrogen (secondary N) is 2. The highest BCUT2D eigenvalue weighted by Gasteiger charge is 2.34. The molecule has 6 rings (SSSR count). The summed E-state index contributed by atoms with van der Waals surface area (Å²) in [6, 6.07) is 18.3. The Balaban J connectivity index is 1.28. The smallest absolute Gasteiger partial charge is 0.323 e. The average molecular weight is 419 g/mol. The number of hydrogen-bond acceptors (Lipinski definition) is 4. The standard InChI is InChI=1S/C24H26N4OS/c1-30-21-10-5-18(6-11-21)25-24(29)26-19-7-12-22-17(14-19)4-13-23(27-22)28-15-16-2-8-20(28)9-3-16/h4-7,10-14,16,20H,2-3,8-9,15H2,1H3,(H2,25,26,29).